The molecule has 4 fully saturated rings. The Kier molecular flexibility index (Phi) is 12.8. The topological polar surface area (TPSA) is 102 Å². The molecule has 2 saturated heterocycles. The molecule has 314 valence electrons. The Morgan fingerprint density at radius 3 is 2.05 bits per heavy atom. The van der Waals surface area contributed by atoms with Crippen LogP contribution in [-0.4, -0.2) is 97.5 Å². The highest BCUT2D eigenvalue weighted by Gasteiger charge is 2.78. The van der Waals surface area contributed by atoms with E-state index in [-0.39, 0.29) is 18.8 Å². The largest absolute Gasteiger partial charge is 0.455 e. The third-order valence-electron chi connectivity index (χ3n) is 15.6. The lowest BCUT2D eigenvalue weighted by Crippen LogP contribution is -2.82. The zero-order chi connectivity index (χ0) is 41.1. The second-order valence-electron chi connectivity index (χ2n) is 18.5. The minimum atomic E-state index is -2.26. The summed E-state index contributed by atoms with van der Waals surface area (Å²) in [6, 6.07) is 15.1. The molecule has 1 aromatic carbocycles. The number of benzene rings is 1. The standard InChI is InChI=1S/C44H72O9Si3/c1-14-34-48-36-35-29(8)31(51-55(15-2,16-3)17-4)27-44(41(35,9)10,53-54(12)13)39(50-40(45)30-24-22-21-23-25-30)37-42(11,38(36)49-34)32(26-33-43(37,46)28-47-33)52-56(18-5,19-6)20-7/h14,21-25,31-34,36-39,46,54H,1,15-20,26-28H2,2-13H3/t31-,32-,33+,34?,36+,37-,38+,39-,42+,43-,44+/m0/s1. The Balaban J connectivity index is 1.72. The normalized spacial score (nSPS) is 37.8. The third-order valence-corrected chi connectivity index (χ3v) is 25.8. The molecule has 56 heavy (non-hydrogen) atoms. The number of carbonyl (C=O) groups is 1. The van der Waals surface area contributed by atoms with Gasteiger partial charge in [0.2, 0.25) is 0 Å². The fourth-order valence-electron chi connectivity index (χ4n) is 11.7. The summed E-state index contributed by atoms with van der Waals surface area (Å²) in [5.41, 5.74) is -1.50. The maximum Gasteiger partial charge on any atom is 0.338 e. The lowest BCUT2D eigenvalue weighted by atomic mass is 9.44. The number of hydrogen-bond donors (Lipinski definition) is 1. The molecule has 2 saturated carbocycles. The predicted molar refractivity (Wildman–Crippen MR) is 228 cm³/mol. The van der Waals surface area contributed by atoms with Gasteiger partial charge in [0, 0.05) is 29.6 Å². The summed E-state index contributed by atoms with van der Waals surface area (Å²) in [6.45, 7) is 31.0. The number of aliphatic hydroxyl groups is 1. The van der Waals surface area contributed by atoms with Crippen molar-refractivity contribution >= 4 is 31.6 Å². The van der Waals surface area contributed by atoms with Gasteiger partial charge < -0.3 is 37.3 Å². The van der Waals surface area contributed by atoms with E-state index >= 15 is 0 Å². The van der Waals surface area contributed by atoms with Crippen LogP contribution in [0.4, 0.5) is 0 Å². The number of hydrogen-bond acceptors (Lipinski definition) is 9. The molecule has 9 nitrogen and oxygen atoms in total. The maximum atomic E-state index is 14.8. The van der Waals surface area contributed by atoms with Crippen LogP contribution in [0.2, 0.25) is 49.4 Å². The van der Waals surface area contributed by atoms with E-state index in [9.17, 15) is 9.90 Å². The lowest BCUT2D eigenvalue weighted by Gasteiger charge is -2.70. The third kappa shape index (κ3) is 6.77. The quantitative estimate of drug-likeness (QED) is 0.106. The van der Waals surface area contributed by atoms with Gasteiger partial charge in [0.05, 0.1) is 36.6 Å². The van der Waals surface area contributed by atoms with Crippen LogP contribution in [0, 0.1) is 16.7 Å². The van der Waals surface area contributed by atoms with Crippen LogP contribution in [0.5, 0.6) is 0 Å². The smallest absolute Gasteiger partial charge is 0.338 e. The van der Waals surface area contributed by atoms with Crippen molar-refractivity contribution in [3.05, 3.63) is 59.7 Å². The van der Waals surface area contributed by atoms with Crippen LogP contribution in [0.1, 0.15) is 92.4 Å². The molecule has 2 bridgehead atoms. The van der Waals surface area contributed by atoms with E-state index in [1.165, 1.54) is 0 Å². The Bertz CT molecular complexity index is 1590. The summed E-state index contributed by atoms with van der Waals surface area (Å²) >= 11 is 0. The highest BCUT2D eigenvalue weighted by Crippen LogP contribution is 2.68. The summed E-state index contributed by atoms with van der Waals surface area (Å²) in [6.07, 6.45) is -1.23. The zero-order valence-corrected chi connectivity index (χ0v) is 39.6. The Morgan fingerprint density at radius 2 is 1.54 bits per heavy atom. The molecular formula is C44H72O9Si3. The van der Waals surface area contributed by atoms with Gasteiger partial charge in [-0.25, -0.2) is 4.79 Å². The van der Waals surface area contributed by atoms with Crippen LogP contribution in [0.25, 0.3) is 0 Å². The molecule has 0 aromatic heterocycles. The second-order valence-corrected chi connectivity index (χ2v) is 30.2. The molecule has 0 radical (unpaired) electrons. The molecule has 1 N–H and O–H groups in total. The van der Waals surface area contributed by atoms with Gasteiger partial charge in [0.25, 0.3) is 0 Å². The maximum absolute atomic E-state index is 14.8. The molecule has 11 atom stereocenters. The van der Waals surface area contributed by atoms with Crippen LogP contribution in [0.3, 0.4) is 0 Å². The Hall–Kier alpha value is -1.46. The van der Waals surface area contributed by atoms with Crippen molar-refractivity contribution in [2.24, 2.45) is 16.7 Å². The van der Waals surface area contributed by atoms with Gasteiger partial charge >= 0.3 is 5.97 Å². The lowest BCUT2D eigenvalue weighted by molar-refractivity contribution is -0.357. The SMILES string of the molecule is C=CC1O[C@@H]2C3=C(C)[C@@H](O[Si](CC)(CC)CC)C[C@@](O[SiH](C)C)([C@@H](OC(=O)c4ccccc4)[C@@H]4[C@]5(O)CO[C@@H]5C[C@H](O[Si](CC)(CC)CC)[C@@]4(C)[C@@H]2O1)C3(C)C. The Morgan fingerprint density at radius 1 is 0.946 bits per heavy atom. The van der Waals surface area contributed by atoms with Gasteiger partial charge in [-0.05, 0) is 85.6 Å². The van der Waals surface area contributed by atoms with E-state index < -0.39 is 90.3 Å². The second kappa shape index (κ2) is 16.2. The molecule has 2 heterocycles. The number of carbonyl (C=O) groups excluding carboxylic acids is 1. The van der Waals surface area contributed by atoms with Crippen molar-refractivity contribution in [2.75, 3.05) is 6.61 Å². The van der Waals surface area contributed by atoms with Gasteiger partial charge in [-0.1, -0.05) is 87.1 Å². The number of fused-ring (bicyclic) bond motifs is 8. The van der Waals surface area contributed by atoms with Crippen molar-refractivity contribution in [2.45, 2.75) is 186 Å². The van der Waals surface area contributed by atoms with E-state index in [4.69, 9.17) is 32.2 Å². The molecular weight excluding hydrogens is 757 g/mol. The average Bonchev–Trinajstić information content (AvgIpc) is 3.62. The zero-order valence-electron chi connectivity index (χ0n) is 36.4. The van der Waals surface area contributed by atoms with E-state index in [2.05, 4.69) is 88.9 Å². The molecule has 5 aliphatic rings. The minimum absolute atomic E-state index is 0.111. The van der Waals surface area contributed by atoms with Crippen molar-refractivity contribution in [3.63, 3.8) is 0 Å². The first-order valence-electron chi connectivity index (χ1n) is 21.7. The van der Waals surface area contributed by atoms with Crippen LogP contribution in [0.15, 0.2) is 54.1 Å². The van der Waals surface area contributed by atoms with Crippen molar-refractivity contribution in [1.82, 2.24) is 0 Å². The Labute approximate surface area is 341 Å². The first-order valence-corrected chi connectivity index (χ1v) is 29.6. The van der Waals surface area contributed by atoms with E-state index in [0.29, 0.717) is 18.4 Å². The van der Waals surface area contributed by atoms with Crippen LogP contribution in [-0.2, 0) is 32.2 Å². The molecule has 12 heteroatoms. The number of rotatable bonds is 15. The van der Waals surface area contributed by atoms with Crippen molar-refractivity contribution in [3.8, 4) is 0 Å². The van der Waals surface area contributed by atoms with Gasteiger partial charge in [0.15, 0.2) is 32.0 Å². The summed E-state index contributed by atoms with van der Waals surface area (Å²) in [7, 11) is -6.38. The number of esters is 1. The number of ether oxygens (including phenoxy) is 4. The van der Waals surface area contributed by atoms with E-state index in [0.717, 1.165) is 47.4 Å². The molecule has 1 aromatic rings. The van der Waals surface area contributed by atoms with Crippen LogP contribution >= 0.6 is 0 Å². The van der Waals surface area contributed by atoms with Crippen molar-refractivity contribution < 1.29 is 42.1 Å². The van der Waals surface area contributed by atoms with E-state index in [1.807, 2.05) is 18.2 Å². The van der Waals surface area contributed by atoms with Gasteiger partial charge in [-0.3, -0.25) is 0 Å². The summed E-state index contributed by atoms with van der Waals surface area (Å²) < 4.78 is 50.5. The fourth-order valence-corrected chi connectivity index (χ4v) is 18.9. The first kappa shape index (κ1) is 44.1. The molecule has 0 spiro atoms. The van der Waals surface area contributed by atoms with Crippen LogP contribution < -0.4 is 0 Å². The first-order chi connectivity index (χ1) is 26.5. The summed E-state index contributed by atoms with van der Waals surface area (Å²) in [4.78, 5) is 14.8. The molecule has 1 unspecified atom stereocenters. The minimum Gasteiger partial charge on any atom is -0.455 e. The van der Waals surface area contributed by atoms with Crippen molar-refractivity contribution in [1.29, 1.82) is 0 Å². The van der Waals surface area contributed by atoms with Gasteiger partial charge in [-0.2, -0.15) is 0 Å². The van der Waals surface area contributed by atoms with E-state index in [1.54, 1.807) is 18.2 Å². The molecule has 0 amide bonds. The van der Waals surface area contributed by atoms with Gasteiger partial charge in [0.1, 0.15) is 23.4 Å². The average molecular weight is 829 g/mol. The predicted octanol–water partition coefficient (Wildman–Crippen LogP) is 8.94. The summed E-state index contributed by atoms with van der Waals surface area (Å²) in [5, 5.41) is 13.4. The monoisotopic (exact) mass is 828 g/mol. The summed E-state index contributed by atoms with van der Waals surface area (Å²) in [5.74, 6) is -1.16. The fraction of sp³-hybridized carbons (Fsp3) is 0.750. The highest BCUT2D eigenvalue weighted by atomic mass is 28.4. The molecule has 2 aliphatic heterocycles. The molecule has 6 rings (SSSR count). The molecule has 3 aliphatic carbocycles. The van der Waals surface area contributed by atoms with Gasteiger partial charge in [-0.15, -0.1) is 0 Å². The highest BCUT2D eigenvalue weighted by molar-refractivity contribution is 6.74.